The summed E-state index contributed by atoms with van der Waals surface area (Å²) < 4.78 is 0. The summed E-state index contributed by atoms with van der Waals surface area (Å²) in [4.78, 5) is 14.4. The summed E-state index contributed by atoms with van der Waals surface area (Å²) in [7, 11) is 0. The minimum atomic E-state index is -0.304. The first-order valence-corrected chi connectivity index (χ1v) is 6.19. The Kier molecular flexibility index (Phi) is 2.11. The van der Waals surface area contributed by atoms with Crippen LogP contribution in [0.2, 0.25) is 0 Å². The maximum absolute atomic E-state index is 11.4. The molecule has 1 heterocycles. The first-order valence-electron chi connectivity index (χ1n) is 6.19. The van der Waals surface area contributed by atoms with Gasteiger partial charge in [-0.3, -0.25) is 4.79 Å². The van der Waals surface area contributed by atoms with Crippen molar-refractivity contribution in [1.82, 2.24) is 4.98 Å². The van der Waals surface area contributed by atoms with Crippen molar-refractivity contribution in [3.63, 3.8) is 0 Å². The molecule has 0 aliphatic heterocycles. The first-order chi connectivity index (χ1) is 8.00. The summed E-state index contributed by atoms with van der Waals surface area (Å²) in [5.74, 6) is 0.893. The second-order valence-electron chi connectivity index (χ2n) is 5.60. The normalized spacial score (nSPS) is 35.1. The Balaban J connectivity index is 2.23. The van der Waals surface area contributed by atoms with Gasteiger partial charge in [-0.05, 0) is 43.2 Å². The predicted octanol–water partition coefficient (Wildman–Crippen LogP) is 1.69. The zero-order valence-electron chi connectivity index (χ0n) is 10.3. The lowest BCUT2D eigenvalue weighted by Gasteiger charge is -2.48. The highest BCUT2D eigenvalue weighted by molar-refractivity contribution is 5.38. The summed E-state index contributed by atoms with van der Waals surface area (Å²) in [6.07, 6.45) is 4.12. The van der Waals surface area contributed by atoms with Crippen LogP contribution in [0.4, 0.5) is 0 Å². The molecule has 3 rings (SSSR count). The third kappa shape index (κ3) is 1.42. The molecule has 0 saturated carbocycles. The third-order valence-corrected chi connectivity index (χ3v) is 4.47. The maximum Gasteiger partial charge on any atom is 0.248 e. The minimum absolute atomic E-state index is 0.0271. The third-order valence-electron chi connectivity index (χ3n) is 4.47. The molecule has 3 nitrogen and oxygen atoms in total. The van der Waals surface area contributed by atoms with Crippen LogP contribution < -0.4 is 11.3 Å². The van der Waals surface area contributed by atoms with Gasteiger partial charge in [0.1, 0.15) is 0 Å². The number of fused-ring (bicyclic) bond motifs is 4. The molecule has 2 bridgehead atoms. The van der Waals surface area contributed by atoms with Gasteiger partial charge >= 0.3 is 0 Å². The monoisotopic (exact) mass is 230 g/mol. The minimum Gasteiger partial charge on any atom is -0.326 e. The average molecular weight is 230 g/mol. The van der Waals surface area contributed by atoms with Crippen molar-refractivity contribution in [2.45, 2.75) is 32.2 Å². The molecule has 3 N–H and O–H groups in total. The number of aromatic nitrogens is 1. The van der Waals surface area contributed by atoms with Gasteiger partial charge < -0.3 is 10.7 Å². The quantitative estimate of drug-likeness (QED) is 0.666. The molecule has 90 valence electrons. The number of rotatable bonds is 0. The van der Waals surface area contributed by atoms with Crippen molar-refractivity contribution in [2.75, 3.05) is 0 Å². The number of nitrogens with one attached hydrogen (secondary N) is 1. The lowest BCUT2D eigenvalue weighted by molar-refractivity contribution is 0.191. The second kappa shape index (κ2) is 3.33. The number of hydrogen-bond acceptors (Lipinski definition) is 2. The molecular weight excluding hydrogens is 212 g/mol. The van der Waals surface area contributed by atoms with E-state index >= 15 is 0 Å². The molecule has 0 fully saturated rings. The van der Waals surface area contributed by atoms with Gasteiger partial charge in [-0.2, -0.15) is 0 Å². The molecule has 0 saturated heterocycles. The summed E-state index contributed by atoms with van der Waals surface area (Å²) in [5, 5.41) is 0. The molecule has 1 aromatic heterocycles. The zero-order valence-corrected chi connectivity index (χ0v) is 10.3. The fourth-order valence-corrected chi connectivity index (χ4v) is 3.50. The molecule has 1 unspecified atom stereocenters. The Morgan fingerprint density at radius 1 is 1.47 bits per heavy atom. The van der Waals surface area contributed by atoms with E-state index in [2.05, 4.69) is 24.9 Å². The van der Waals surface area contributed by atoms with Gasteiger partial charge in [0.05, 0.1) is 0 Å². The van der Waals surface area contributed by atoms with E-state index in [1.165, 1.54) is 5.57 Å². The van der Waals surface area contributed by atoms with Crippen molar-refractivity contribution in [3.05, 3.63) is 45.4 Å². The molecule has 17 heavy (non-hydrogen) atoms. The lowest BCUT2D eigenvalue weighted by Crippen LogP contribution is -2.52. The standard InChI is InChI=1S/C14H18N2O/c1-8-5-10-6-12-11(3-4-13(17)16-12)14(15,7-8)9(10)2/h3-5,9-10H,6-7,15H2,1-2H3,(H,16,17)/t9?,10-,14+/m0/s1. The van der Waals surface area contributed by atoms with Crippen LogP contribution in [0, 0.1) is 11.8 Å². The summed E-state index contributed by atoms with van der Waals surface area (Å²) in [5.41, 5.74) is 9.84. The molecule has 0 aromatic carbocycles. The zero-order chi connectivity index (χ0) is 12.2. The van der Waals surface area contributed by atoms with E-state index in [0.717, 1.165) is 24.1 Å². The molecule has 0 spiro atoms. The fraction of sp³-hybridized carbons (Fsp3) is 0.500. The highest BCUT2D eigenvalue weighted by atomic mass is 16.1. The predicted molar refractivity (Wildman–Crippen MR) is 67.7 cm³/mol. The van der Waals surface area contributed by atoms with E-state index in [1.807, 2.05) is 6.07 Å². The molecule has 3 heteroatoms. The molecule has 3 atom stereocenters. The van der Waals surface area contributed by atoms with Gasteiger partial charge in [-0.1, -0.05) is 18.6 Å². The van der Waals surface area contributed by atoms with E-state index < -0.39 is 0 Å². The van der Waals surface area contributed by atoms with Crippen molar-refractivity contribution >= 4 is 0 Å². The molecular formula is C14H18N2O. The number of allylic oxidation sites excluding steroid dienone is 1. The highest BCUT2D eigenvalue weighted by Gasteiger charge is 2.45. The van der Waals surface area contributed by atoms with E-state index in [4.69, 9.17) is 5.73 Å². The van der Waals surface area contributed by atoms with Gasteiger partial charge in [0, 0.05) is 17.3 Å². The van der Waals surface area contributed by atoms with Gasteiger partial charge in [0.2, 0.25) is 5.56 Å². The van der Waals surface area contributed by atoms with E-state index in [0.29, 0.717) is 11.8 Å². The van der Waals surface area contributed by atoms with Crippen LogP contribution in [-0.2, 0) is 12.0 Å². The number of pyridine rings is 1. The highest BCUT2D eigenvalue weighted by Crippen LogP contribution is 2.47. The van der Waals surface area contributed by atoms with E-state index in [9.17, 15) is 4.79 Å². The van der Waals surface area contributed by atoms with E-state index in [-0.39, 0.29) is 11.1 Å². The Morgan fingerprint density at radius 3 is 3.00 bits per heavy atom. The van der Waals surface area contributed by atoms with Crippen LogP contribution in [-0.4, -0.2) is 4.98 Å². The van der Waals surface area contributed by atoms with Crippen LogP contribution in [0.5, 0.6) is 0 Å². The molecule has 0 amide bonds. The van der Waals surface area contributed by atoms with Crippen LogP contribution in [0.3, 0.4) is 0 Å². The number of hydrogen-bond donors (Lipinski definition) is 2. The molecule has 1 aromatic rings. The van der Waals surface area contributed by atoms with Gasteiger partial charge in [0.25, 0.3) is 0 Å². The van der Waals surface area contributed by atoms with Crippen LogP contribution in [0.15, 0.2) is 28.6 Å². The lowest BCUT2D eigenvalue weighted by atomic mass is 9.61. The Morgan fingerprint density at radius 2 is 2.24 bits per heavy atom. The number of H-pyrrole nitrogens is 1. The average Bonchev–Trinajstić information content (AvgIpc) is 2.23. The molecule has 0 radical (unpaired) electrons. The number of aromatic amines is 1. The second-order valence-corrected chi connectivity index (χ2v) is 5.60. The topological polar surface area (TPSA) is 58.9 Å². The summed E-state index contributed by atoms with van der Waals surface area (Å²) in [6.45, 7) is 4.37. The van der Waals surface area contributed by atoms with Gasteiger partial charge in [-0.15, -0.1) is 0 Å². The molecule has 2 aliphatic rings. The van der Waals surface area contributed by atoms with Crippen LogP contribution in [0.25, 0.3) is 0 Å². The molecule has 2 aliphatic carbocycles. The van der Waals surface area contributed by atoms with Crippen LogP contribution in [0.1, 0.15) is 31.5 Å². The smallest absolute Gasteiger partial charge is 0.248 e. The Hall–Kier alpha value is -1.35. The summed E-state index contributed by atoms with van der Waals surface area (Å²) >= 11 is 0. The largest absolute Gasteiger partial charge is 0.326 e. The SMILES string of the molecule is CC1=C[C@H]2Cc3[nH]c(=O)ccc3[C@@](N)(C1)C2C. The van der Waals surface area contributed by atoms with Crippen molar-refractivity contribution in [2.24, 2.45) is 17.6 Å². The number of nitrogens with two attached hydrogens (primary N) is 1. The first kappa shape index (κ1) is 10.8. The van der Waals surface area contributed by atoms with Crippen molar-refractivity contribution in [1.29, 1.82) is 0 Å². The Labute approximate surface area is 101 Å². The van der Waals surface area contributed by atoms with Crippen LogP contribution >= 0.6 is 0 Å². The van der Waals surface area contributed by atoms with Gasteiger partial charge in [0.15, 0.2) is 0 Å². The van der Waals surface area contributed by atoms with E-state index in [1.54, 1.807) is 6.07 Å². The van der Waals surface area contributed by atoms with Crippen molar-refractivity contribution < 1.29 is 0 Å². The van der Waals surface area contributed by atoms with Gasteiger partial charge in [-0.25, -0.2) is 0 Å². The summed E-state index contributed by atoms with van der Waals surface area (Å²) in [6, 6.07) is 3.51. The van der Waals surface area contributed by atoms with Crippen molar-refractivity contribution in [3.8, 4) is 0 Å². The Bertz CT molecular complexity index is 558. The fourth-order valence-electron chi connectivity index (χ4n) is 3.50. The maximum atomic E-state index is 11.4.